The van der Waals surface area contributed by atoms with Gasteiger partial charge in [-0.15, -0.1) is 0 Å². The van der Waals surface area contributed by atoms with Gasteiger partial charge in [-0.25, -0.2) is 4.79 Å². The van der Waals surface area contributed by atoms with Crippen LogP contribution in [0.5, 0.6) is 0 Å². The fourth-order valence-corrected chi connectivity index (χ4v) is 2.62. The zero-order valence-electron chi connectivity index (χ0n) is 11.4. The Morgan fingerprint density at radius 1 is 1.33 bits per heavy atom. The number of benzene rings is 1. The van der Waals surface area contributed by atoms with Crippen LogP contribution in [0.4, 0.5) is 0 Å². The first-order valence-corrected chi connectivity index (χ1v) is 6.78. The summed E-state index contributed by atoms with van der Waals surface area (Å²) < 4.78 is 7.48. The maximum absolute atomic E-state index is 11.5. The van der Waals surface area contributed by atoms with E-state index in [1.807, 2.05) is 18.2 Å². The van der Waals surface area contributed by atoms with Gasteiger partial charge in [0.2, 0.25) is 0 Å². The SMILES string of the molecule is O=C(O)c1cn(CC2OCCc3ccccc32)ccc1=O. The first kappa shape index (κ1) is 13.6. The molecule has 2 aromatic rings. The predicted octanol–water partition coefficient (Wildman–Crippen LogP) is 1.86. The van der Waals surface area contributed by atoms with E-state index >= 15 is 0 Å². The summed E-state index contributed by atoms with van der Waals surface area (Å²) in [4.78, 5) is 22.5. The lowest BCUT2D eigenvalue weighted by Gasteiger charge is -2.26. The molecule has 1 aliphatic rings. The predicted molar refractivity (Wildman–Crippen MR) is 76.5 cm³/mol. The second kappa shape index (κ2) is 5.54. The van der Waals surface area contributed by atoms with E-state index < -0.39 is 11.4 Å². The third-order valence-corrected chi connectivity index (χ3v) is 3.68. The number of carbonyl (C=O) groups is 1. The molecule has 2 heterocycles. The number of carboxylic acids is 1. The van der Waals surface area contributed by atoms with Crippen LogP contribution in [0.2, 0.25) is 0 Å². The zero-order valence-corrected chi connectivity index (χ0v) is 11.4. The van der Waals surface area contributed by atoms with Crippen molar-refractivity contribution >= 4 is 5.97 Å². The molecule has 1 unspecified atom stereocenters. The van der Waals surface area contributed by atoms with Crippen LogP contribution in [0.25, 0.3) is 0 Å². The molecule has 1 atom stereocenters. The summed E-state index contributed by atoms with van der Waals surface area (Å²) in [6.45, 7) is 1.13. The van der Waals surface area contributed by atoms with Crippen molar-refractivity contribution < 1.29 is 14.6 Å². The normalized spacial score (nSPS) is 17.2. The number of pyridine rings is 1. The number of hydrogen-bond acceptors (Lipinski definition) is 3. The van der Waals surface area contributed by atoms with Gasteiger partial charge in [0.25, 0.3) is 0 Å². The molecule has 1 aliphatic heterocycles. The molecule has 0 saturated heterocycles. The highest BCUT2D eigenvalue weighted by Gasteiger charge is 2.21. The third-order valence-electron chi connectivity index (χ3n) is 3.68. The Balaban J connectivity index is 1.90. The average Bonchev–Trinajstić information content (AvgIpc) is 2.49. The van der Waals surface area contributed by atoms with E-state index in [-0.39, 0.29) is 11.7 Å². The Bertz CT molecular complexity index is 735. The lowest BCUT2D eigenvalue weighted by Crippen LogP contribution is -2.22. The first-order valence-electron chi connectivity index (χ1n) is 6.78. The van der Waals surface area contributed by atoms with Crippen LogP contribution < -0.4 is 5.43 Å². The third kappa shape index (κ3) is 2.73. The van der Waals surface area contributed by atoms with Gasteiger partial charge in [-0.3, -0.25) is 4.79 Å². The largest absolute Gasteiger partial charge is 0.477 e. The molecule has 1 N–H and O–H groups in total. The molecule has 0 fully saturated rings. The van der Waals surface area contributed by atoms with E-state index in [2.05, 4.69) is 6.07 Å². The van der Waals surface area contributed by atoms with Crippen molar-refractivity contribution in [3.63, 3.8) is 0 Å². The van der Waals surface area contributed by atoms with Gasteiger partial charge >= 0.3 is 5.97 Å². The lowest BCUT2D eigenvalue weighted by molar-refractivity contribution is 0.0303. The summed E-state index contributed by atoms with van der Waals surface area (Å²) in [6.07, 6.45) is 3.72. The molecule has 0 radical (unpaired) electrons. The van der Waals surface area contributed by atoms with Crippen molar-refractivity contribution in [1.29, 1.82) is 0 Å². The Labute approximate surface area is 121 Å². The van der Waals surface area contributed by atoms with Crippen molar-refractivity contribution in [3.05, 3.63) is 69.6 Å². The molecule has 1 aromatic heterocycles. The standard InChI is InChI=1S/C16H15NO4/c18-14-5-7-17(9-13(14)16(19)20)10-15-12-4-2-1-3-11(12)6-8-21-15/h1-5,7,9,15H,6,8,10H2,(H,19,20). The van der Waals surface area contributed by atoms with Crippen LogP contribution in [0, 0.1) is 0 Å². The topological polar surface area (TPSA) is 68.5 Å². The van der Waals surface area contributed by atoms with Gasteiger partial charge in [0.05, 0.1) is 13.2 Å². The molecule has 0 bridgehead atoms. The molecule has 0 amide bonds. The number of rotatable bonds is 3. The van der Waals surface area contributed by atoms with Crippen LogP contribution in [-0.4, -0.2) is 22.2 Å². The highest BCUT2D eigenvalue weighted by atomic mass is 16.5. The van der Waals surface area contributed by atoms with E-state index in [1.54, 1.807) is 10.8 Å². The smallest absolute Gasteiger partial charge is 0.341 e. The van der Waals surface area contributed by atoms with E-state index in [0.29, 0.717) is 13.2 Å². The first-order chi connectivity index (χ1) is 10.1. The minimum atomic E-state index is -1.21. The fraction of sp³-hybridized carbons (Fsp3) is 0.250. The molecule has 0 spiro atoms. The summed E-state index contributed by atoms with van der Waals surface area (Å²) in [5, 5.41) is 9.01. The molecular weight excluding hydrogens is 270 g/mol. The number of hydrogen-bond donors (Lipinski definition) is 1. The van der Waals surface area contributed by atoms with Crippen LogP contribution in [-0.2, 0) is 17.7 Å². The van der Waals surface area contributed by atoms with E-state index in [1.165, 1.54) is 17.8 Å². The molecular formula is C16H15NO4. The summed E-state index contributed by atoms with van der Waals surface area (Å²) in [6, 6.07) is 9.36. The zero-order chi connectivity index (χ0) is 14.8. The van der Waals surface area contributed by atoms with Gasteiger partial charge in [0.1, 0.15) is 11.7 Å². The van der Waals surface area contributed by atoms with Crippen molar-refractivity contribution in [2.24, 2.45) is 0 Å². The van der Waals surface area contributed by atoms with Crippen LogP contribution >= 0.6 is 0 Å². The number of fused-ring (bicyclic) bond motifs is 1. The highest BCUT2D eigenvalue weighted by molar-refractivity contribution is 5.86. The van der Waals surface area contributed by atoms with Gasteiger partial charge in [0, 0.05) is 18.5 Å². The van der Waals surface area contributed by atoms with E-state index in [4.69, 9.17) is 9.84 Å². The second-order valence-electron chi connectivity index (χ2n) is 5.03. The number of carboxylic acid groups (broad SMARTS) is 1. The number of nitrogens with zero attached hydrogens (tertiary/aromatic N) is 1. The molecule has 3 rings (SSSR count). The molecule has 21 heavy (non-hydrogen) atoms. The van der Waals surface area contributed by atoms with E-state index in [0.717, 1.165) is 12.0 Å². The molecule has 0 saturated carbocycles. The fourth-order valence-electron chi connectivity index (χ4n) is 2.62. The Morgan fingerprint density at radius 2 is 2.14 bits per heavy atom. The summed E-state index contributed by atoms with van der Waals surface area (Å²) in [7, 11) is 0. The molecule has 5 heteroatoms. The maximum Gasteiger partial charge on any atom is 0.341 e. The Morgan fingerprint density at radius 3 is 2.95 bits per heavy atom. The van der Waals surface area contributed by atoms with Crippen LogP contribution in [0.3, 0.4) is 0 Å². The summed E-state index contributed by atoms with van der Waals surface area (Å²) in [5.74, 6) is -1.21. The average molecular weight is 285 g/mol. The number of ether oxygens (including phenoxy) is 1. The second-order valence-corrected chi connectivity index (χ2v) is 5.03. The van der Waals surface area contributed by atoms with Crippen molar-refractivity contribution in [3.8, 4) is 0 Å². The number of aromatic nitrogens is 1. The van der Waals surface area contributed by atoms with Crippen LogP contribution in [0.1, 0.15) is 27.6 Å². The maximum atomic E-state index is 11.5. The van der Waals surface area contributed by atoms with Gasteiger partial charge in [-0.2, -0.15) is 0 Å². The van der Waals surface area contributed by atoms with Gasteiger partial charge in [-0.05, 0) is 17.5 Å². The Kier molecular flexibility index (Phi) is 3.58. The van der Waals surface area contributed by atoms with Crippen molar-refractivity contribution in [2.45, 2.75) is 19.1 Å². The molecule has 1 aromatic carbocycles. The lowest BCUT2D eigenvalue weighted by atomic mass is 9.97. The van der Waals surface area contributed by atoms with Gasteiger partial charge < -0.3 is 14.4 Å². The quantitative estimate of drug-likeness (QED) is 0.934. The van der Waals surface area contributed by atoms with Crippen molar-refractivity contribution in [2.75, 3.05) is 6.61 Å². The molecule has 0 aliphatic carbocycles. The Hall–Kier alpha value is -2.40. The van der Waals surface area contributed by atoms with E-state index in [9.17, 15) is 9.59 Å². The van der Waals surface area contributed by atoms with Crippen LogP contribution in [0.15, 0.2) is 47.5 Å². The molecule has 108 valence electrons. The van der Waals surface area contributed by atoms with Gasteiger partial charge in [0.15, 0.2) is 5.43 Å². The van der Waals surface area contributed by atoms with Gasteiger partial charge in [-0.1, -0.05) is 24.3 Å². The van der Waals surface area contributed by atoms with Crippen molar-refractivity contribution in [1.82, 2.24) is 4.57 Å². The summed E-state index contributed by atoms with van der Waals surface area (Å²) in [5.41, 5.74) is 1.68. The summed E-state index contributed by atoms with van der Waals surface area (Å²) >= 11 is 0. The highest BCUT2D eigenvalue weighted by Crippen LogP contribution is 2.28. The minimum Gasteiger partial charge on any atom is -0.477 e. The minimum absolute atomic E-state index is 0.126. The monoisotopic (exact) mass is 285 g/mol. The molecule has 5 nitrogen and oxygen atoms in total. The number of aromatic carboxylic acids is 1.